The maximum absolute atomic E-state index is 13.0. The quantitative estimate of drug-likeness (QED) is 0.810. The molecule has 0 N–H and O–H groups in total. The Morgan fingerprint density at radius 3 is 2.60 bits per heavy atom. The number of rotatable bonds is 5. The summed E-state index contributed by atoms with van der Waals surface area (Å²) in [5.41, 5.74) is 1.46. The minimum Gasteiger partial charge on any atom is -0.361 e. The Kier molecular flexibility index (Phi) is 5.51. The number of halogens is 1. The second-order valence-corrected chi connectivity index (χ2v) is 8.31. The predicted octanol–water partition coefficient (Wildman–Crippen LogP) is 2.16. The van der Waals surface area contributed by atoms with Crippen molar-refractivity contribution in [3.63, 3.8) is 0 Å². The normalized spacial score (nSPS) is 17.5. The molecular formula is C17H22FN3O3S. The summed E-state index contributed by atoms with van der Waals surface area (Å²) in [5, 5.41) is 3.99. The van der Waals surface area contributed by atoms with Crippen molar-refractivity contribution in [3.05, 3.63) is 53.2 Å². The van der Waals surface area contributed by atoms with Crippen LogP contribution in [-0.4, -0.2) is 49.0 Å². The predicted molar refractivity (Wildman–Crippen MR) is 91.7 cm³/mol. The van der Waals surface area contributed by atoms with Crippen LogP contribution in [0, 0.1) is 12.7 Å². The third kappa shape index (κ3) is 4.87. The molecule has 1 aromatic carbocycles. The monoisotopic (exact) mass is 367 g/mol. The summed E-state index contributed by atoms with van der Waals surface area (Å²) >= 11 is 0. The molecule has 0 saturated carbocycles. The van der Waals surface area contributed by atoms with Gasteiger partial charge in [0.1, 0.15) is 11.6 Å². The second kappa shape index (κ2) is 7.63. The van der Waals surface area contributed by atoms with Gasteiger partial charge in [0.15, 0.2) is 0 Å². The first-order chi connectivity index (χ1) is 11.9. The Labute approximate surface area is 147 Å². The van der Waals surface area contributed by atoms with E-state index in [1.165, 1.54) is 28.6 Å². The molecular weight excluding hydrogens is 345 g/mol. The van der Waals surface area contributed by atoms with Gasteiger partial charge in [-0.3, -0.25) is 4.90 Å². The van der Waals surface area contributed by atoms with Gasteiger partial charge in [-0.25, -0.2) is 17.1 Å². The molecule has 25 heavy (non-hydrogen) atoms. The number of sulfonamides is 1. The number of hydrogen-bond acceptors (Lipinski definition) is 5. The van der Waals surface area contributed by atoms with E-state index in [0.717, 1.165) is 24.4 Å². The van der Waals surface area contributed by atoms with Crippen LogP contribution in [0.15, 0.2) is 34.9 Å². The molecule has 2 heterocycles. The molecule has 1 fully saturated rings. The molecule has 136 valence electrons. The first kappa shape index (κ1) is 18.0. The first-order valence-electron chi connectivity index (χ1n) is 8.29. The maximum atomic E-state index is 13.0. The molecule has 3 rings (SSSR count). The molecule has 2 aromatic rings. The fraction of sp³-hybridized carbons (Fsp3) is 0.471. The Hall–Kier alpha value is -1.77. The summed E-state index contributed by atoms with van der Waals surface area (Å²) in [4.78, 5) is 2.19. The maximum Gasteiger partial charge on any atom is 0.218 e. The van der Waals surface area contributed by atoms with E-state index in [1.54, 1.807) is 0 Å². The van der Waals surface area contributed by atoms with Crippen LogP contribution < -0.4 is 0 Å². The van der Waals surface area contributed by atoms with E-state index in [2.05, 4.69) is 10.1 Å². The molecule has 0 aliphatic carbocycles. The number of hydrogen-bond donors (Lipinski definition) is 0. The molecule has 0 bridgehead atoms. The molecule has 1 aliphatic rings. The summed E-state index contributed by atoms with van der Waals surface area (Å²) in [6.07, 6.45) is 0.763. The molecule has 0 unspecified atom stereocenters. The van der Waals surface area contributed by atoms with Crippen molar-refractivity contribution in [2.45, 2.75) is 25.6 Å². The molecule has 0 atom stereocenters. The molecule has 6 nitrogen and oxygen atoms in total. The van der Waals surface area contributed by atoms with Crippen molar-refractivity contribution in [2.75, 3.05) is 26.2 Å². The van der Waals surface area contributed by atoms with Gasteiger partial charge in [0.2, 0.25) is 10.0 Å². The van der Waals surface area contributed by atoms with Gasteiger partial charge in [0.25, 0.3) is 0 Å². The highest BCUT2D eigenvalue weighted by Gasteiger charge is 2.25. The largest absolute Gasteiger partial charge is 0.361 e. The van der Waals surface area contributed by atoms with Crippen LogP contribution in [0.25, 0.3) is 0 Å². The van der Waals surface area contributed by atoms with Gasteiger partial charge < -0.3 is 4.52 Å². The molecule has 8 heteroatoms. The molecule has 1 saturated heterocycles. The topological polar surface area (TPSA) is 66.7 Å². The van der Waals surface area contributed by atoms with Crippen molar-refractivity contribution in [2.24, 2.45) is 0 Å². The van der Waals surface area contributed by atoms with Gasteiger partial charge in [0.05, 0.1) is 11.4 Å². The van der Waals surface area contributed by atoms with E-state index in [1.807, 2.05) is 13.0 Å². The molecule has 0 amide bonds. The third-order valence-electron chi connectivity index (χ3n) is 4.27. The summed E-state index contributed by atoms with van der Waals surface area (Å²) in [6.45, 7) is 4.91. The molecule has 0 spiro atoms. The Morgan fingerprint density at radius 1 is 1.16 bits per heavy atom. The van der Waals surface area contributed by atoms with Gasteiger partial charge in [-0.15, -0.1) is 0 Å². The van der Waals surface area contributed by atoms with E-state index in [4.69, 9.17) is 4.52 Å². The fourth-order valence-corrected chi connectivity index (χ4v) is 4.55. The van der Waals surface area contributed by atoms with E-state index >= 15 is 0 Å². The minimum absolute atomic E-state index is 0.101. The van der Waals surface area contributed by atoms with Crippen molar-refractivity contribution in [1.82, 2.24) is 14.4 Å². The van der Waals surface area contributed by atoms with Crippen molar-refractivity contribution in [3.8, 4) is 0 Å². The van der Waals surface area contributed by atoms with E-state index in [9.17, 15) is 12.8 Å². The third-order valence-corrected chi connectivity index (χ3v) is 6.12. The van der Waals surface area contributed by atoms with Crippen LogP contribution in [0.1, 0.15) is 23.4 Å². The number of nitrogens with zero attached hydrogens (tertiary/aromatic N) is 3. The standard InChI is InChI=1S/C17H22FN3O3S/c1-14-11-17(19-24-14)12-20-7-2-8-21(10-9-20)25(22,23)13-15-3-5-16(18)6-4-15/h3-6,11H,2,7-10,12-13H2,1H3. The number of aromatic nitrogens is 1. The summed E-state index contributed by atoms with van der Waals surface area (Å²) in [7, 11) is -3.41. The Morgan fingerprint density at radius 2 is 1.92 bits per heavy atom. The number of aryl methyl sites for hydroxylation is 1. The lowest BCUT2D eigenvalue weighted by Crippen LogP contribution is -2.35. The first-order valence-corrected chi connectivity index (χ1v) is 9.90. The average molecular weight is 367 g/mol. The highest BCUT2D eigenvalue weighted by Crippen LogP contribution is 2.16. The van der Waals surface area contributed by atoms with Crippen LogP contribution in [-0.2, 0) is 22.3 Å². The zero-order valence-corrected chi connectivity index (χ0v) is 15.0. The number of benzene rings is 1. The summed E-state index contributed by atoms with van der Waals surface area (Å²) < 4.78 is 44.9. The van der Waals surface area contributed by atoms with Crippen LogP contribution in [0.4, 0.5) is 4.39 Å². The van der Waals surface area contributed by atoms with Gasteiger partial charge in [-0.1, -0.05) is 17.3 Å². The second-order valence-electron chi connectivity index (χ2n) is 6.34. The van der Waals surface area contributed by atoms with Gasteiger partial charge >= 0.3 is 0 Å². The zero-order chi connectivity index (χ0) is 17.9. The molecule has 1 aliphatic heterocycles. The van der Waals surface area contributed by atoms with Crippen LogP contribution in [0.2, 0.25) is 0 Å². The fourth-order valence-electron chi connectivity index (χ4n) is 2.99. The van der Waals surface area contributed by atoms with Crippen LogP contribution in [0.3, 0.4) is 0 Å². The summed E-state index contributed by atoms with van der Waals surface area (Å²) in [6, 6.07) is 7.51. The lowest BCUT2D eigenvalue weighted by Gasteiger charge is -2.21. The van der Waals surface area contributed by atoms with E-state index in [-0.39, 0.29) is 11.6 Å². The summed E-state index contributed by atoms with van der Waals surface area (Å²) in [5.74, 6) is 0.304. The van der Waals surface area contributed by atoms with Gasteiger partial charge in [-0.2, -0.15) is 0 Å². The lowest BCUT2D eigenvalue weighted by molar-refractivity contribution is 0.268. The van der Waals surface area contributed by atoms with Crippen molar-refractivity contribution < 1.29 is 17.3 Å². The lowest BCUT2D eigenvalue weighted by atomic mass is 10.2. The average Bonchev–Trinajstić information content (AvgIpc) is 2.82. The van der Waals surface area contributed by atoms with E-state index < -0.39 is 10.0 Å². The van der Waals surface area contributed by atoms with Crippen molar-refractivity contribution >= 4 is 10.0 Å². The van der Waals surface area contributed by atoms with Crippen LogP contribution in [0.5, 0.6) is 0 Å². The highest BCUT2D eigenvalue weighted by atomic mass is 32.2. The van der Waals surface area contributed by atoms with Gasteiger partial charge in [-0.05, 0) is 37.6 Å². The SMILES string of the molecule is Cc1cc(CN2CCCN(S(=O)(=O)Cc3ccc(F)cc3)CC2)no1. The van der Waals surface area contributed by atoms with Crippen LogP contribution >= 0.6 is 0 Å². The van der Waals surface area contributed by atoms with Crippen molar-refractivity contribution in [1.29, 1.82) is 0 Å². The van der Waals surface area contributed by atoms with Gasteiger partial charge in [0, 0.05) is 32.2 Å². The Bertz CT molecular complexity index is 805. The minimum atomic E-state index is -3.41. The highest BCUT2D eigenvalue weighted by molar-refractivity contribution is 7.88. The zero-order valence-electron chi connectivity index (χ0n) is 14.2. The molecule has 1 aromatic heterocycles. The smallest absolute Gasteiger partial charge is 0.218 e. The molecule has 0 radical (unpaired) electrons. The Balaban J connectivity index is 1.60. The van der Waals surface area contributed by atoms with E-state index in [0.29, 0.717) is 31.7 Å².